The molecule has 0 N–H and O–H groups in total. The van der Waals surface area contributed by atoms with Gasteiger partial charge in [-0.1, -0.05) is 19.8 Å². The molecule has 0 aliphatic rings. The van der Waals surface area contributed by atoms with Gasteiger partial charge in [0, 0.05) is 6.42 Å². The molecule has 0 fully saturated rings. The maximum absolute atomic E-state index is 10.5. The Balaban J connectivity index is 0. The molecule has 4 nitrogen and oxygen atoms in total. The van der Waals surface area contributed by atoms with E-state index >= 15 is 0 Å². The van der Waals surface area contributed by atoms with Crippen molar-refractivity contribution in [2.24, 2.45) is 0 Å². The second kappa shape index (κ2) is 13.3. The van der Waals surface area contributed by atoms with Crippen LogP contribution in [0.25, 0.3) is 0 Å². The van der Waals surface area contributed by atoms with Crippen molar-refractivity contribution in [2.45, 2.75) is 52.6 Å². The summed E-state index contributed by atoms with van der Waals surface area (Å²) in [5.74, 6) is -0.511. The average molecular weight is 267 g/mol. The third-order valence-corrected chi connectivity index (χ3v) is 1.91. The van der Waals surface area contributed by atoms with Crippen molar-refractivity contribution >= 4 is 23.5 Å². The molecular formula is C12H23ClO4. The lowest BCUT2D eigenvalue weighted by atomic mass is 10.2. The molecule has 0 radical (unpaired) electrons. The van der Waals surface area contributed by atoms with E-state index in [4.69, 9.17) is 11.6 Å². The molecule has 0 amide bonds. The number of hydrogen-bond acceptors (Lipinski definition) is 4. The zero-order valence-electron chi connectivity index (χ0n) is 11.1. The van der Waals surface area contributed by atoms with Crippen LogP contribution in [0.2, 0.25) is 0 Å². The fourth-order valence-corrected chi connectivity index (χ4v) is 0.979. The fraction of sp³-hybridized carbons (Fsp3) is 0.833. The summed E-state index contributed by atoms with van der Waals surface area (Å²) in [4.78, 5) is 20.7. The Morgan fingerprint density at radius 1 is 1.18 bits per heavy atom. The summed E-state index contributed by atoms with van der Waals surface area (Å²) in [5, 5.41) is 0. The van der Waals surface area contributed by atoms with Crippen molar-refractivity contribution in [2.75, 3.05) is 13.0 Å². The first-order valence-corrected chi connectivity index (χ1v) is 6.33. The normalized spacial score (nSPS) is 9.29. The quantitative estimate of drug-likeness (QED) is 0.421. The molecule has 0 saturated heterocycles. The minimum Gasteiger partial charge on any atom is -0.469 e. The Labute approximate surface area is 109 Å². The number of unbranched alkanes of at least 4 members (excludes halogenated alkanes) is 2. The van der Waals surface area contributed by atoms with Crippen LogP contribution in [0.3, 0.4) is 0 Å². The van der Waals surface area contributed by atoms with E-state index in [1.54, 1.807) is 13.8 Å². The summed E-state index contributed by atoms with van der Waals surface area (Å²) in [6.45, 7) is 5.67. The lowest BCUT2D eigenvalue weighted by Gasteiger charge is -2.03. The molecule has 0 aromatic heterocycles. The summed E-state index contributed by atoms with van der Waals surface area (Å²) in [7, 11) is 1.42. The topological polar surface area (TPSA) is 52.6 Å². The van der Waals surface area contributed by atoms with Crippen molar-refractivity contribution in [1.82, 2.24) is 0 Å². The molecule has 0 spiro atoms. The molecule has 0 aliphatic carbocycles. The smallest absolute Gasteiger partial charge is 0.321 e. The van der Waals surface area contributed by atoms with Crippen molar-refractivity contribution in [3.05, 3.63) is 0 Å². The van der Waals surface area contributed by atoms with Crippen LogP contribution in [0.4, 0.5) is 0 Å². The number of esters is 2. The average Bonchev–Trinajstić information content (AvgIpc) is 2.29. The van der Waals surface area contributed by atoms with E-state index in [2.05, 4.69) is 16.4 Å². The van der Waals surface area contributed by atoms with Crippen LogP contribution in [0.1, 0.15) is 46.5 Å². The van der Waals surface area contributed by atoms with E-state index < -0.39 is 0 Å². The molecule has 0 rings (SSSR count). The minimum atomic E-state index is -0.360. The lowest BCUT2D eigenvalue weighted by molar-refractivity contribution is -0.144. The third-order valence-electron chi connectivity index (χ3n) is 1.69. The van der Waals surface area contributed by atoms with Gasteiger partial charge in [-0.2, -0.15) is 0 Å². The van der Waals surface area contributed by atoms with Crippen molar-refractivity contribution < 1.29 is 19.1 Å². The van der Waals surface area contributed by atoms with Gasteiger partial charge in [-0.25, -0.2) is 0 Å². The Morgan fingerprint density at radius 3 is 2.06 bits per heavy atom. The van der Waals surface area contributed by atoms with Crippen molar-refractivity contribution in [3.63, 3.8) is 0 Å². The molecule has 0 heterocycles. The Morgan fingerprint density at radius 2 is 1.76 bits per heavy atom. The Bertz CT molecular complexity index is 205. The summed E-state index contributed by atoms with van der Waals surface area (Å²) >= 11 is 5.12. The summed E-state index contributed by atoms with van der Waals surface area (Å²) < 4.78 is 9.09. The maximum atomic E-state index is 10.5. The van der Waals surface area contributed by atoms with Crippen molar-refractivity contribution in [3.8, 4) is 0 Å². The van der Waals surface area contributed by atoms with Gasteiger partial charge in [0.05, 0.1) is 13.2 Å². The van der Waals surface area contributed by atoms with Gasteiger partial charge in [-0.05, 0) is 20.3 Å². The molecule has 0 unspecified atom stereocenters. The number of carbonyl (C=O) groups excluding carboxylic acids is 2. The van der Waals surface area contributed by atoms with Gasteiger partial charge in [0.2, 0.25) is 0 Å². The molecule has 0 aromatic carbocycles. The van der Waals surface area contributed by atoms with Crippen LogP contribution >= 0.6 is 11.6 Å². The monoisotopic (exact) mass is 266 g/mol. The van der Waals surface area contributed by atoms with Crippen LogP contribution in [-0.2, 0) is 19.1 Å². The fourth-order valence-electron chi connectivity index (χ4n) is 0.916. The van der Waals surface area contributed by atoms with Gasteiger partial charge in [-0.3, -0.25) is 9.59 Å². The predicted octanol–water partition coefficient (Wildman–Crippen LogP) is 2.92. The van der Waals surface area contributed by atoms with Crippen LogP contribution in [0.5, 0.6) is 0 Å². The molecule has 102 valence electrons. The van der Waals surface area contributed by atoms with Crippen LogP contribution < -0.4 is 0 Å². The zero-order chi connectivity index (χ0) is 13.7. The number of halogens is 1. The Hall–Kier alpha value is -0.770. The van der Waals surface area contributed by atoms with Gasteiger partial charge in [-0.15, -0.1) is 11.6 Å². The molecule has 0 aliphatic heterocycles. The molecule has 17 heavy (non-hydrogen) atoms. The summed E-state index contributed by atoms with van der Waals surface area (Å²) in [5.41, 5.74) is 0. The van der Waals surface area contributed by atoms with Crippen molar-refractivity contribution in [1.29, 1.82) is 0 Å². The first-order chi connectivity index (χ1) is 7.97. The van der Waals surface area contributed by atoms with E-state index in [9.17, 15) is 9.59 Å². The van der Waals surface area contributed by atoms with Crippen LogP contribution in [0, 0.1) is 0 Å². The standard InChI is InChI=1S/C7H14O2.C5H9ClO2/c1-3-4-5-6-7(8)9-2;1-4(2)8-5(7)3-6/h3-6H2,1-2H3;4H,3H2,1-2H3. The first-order valence-electron chi connectivity index (χ1n) is 5.80. The molecule has 0 saturated carbocycles. The van der Waals surface area contributed by atoms with Gasteiger partial charge in [0.1, 0.15) is 5.88 Å². The highest BCUT2D eigenvalue weighted by atomic mass is 35.5. The highest BCUT2D eigenvalue weighted by Crippen LogP contribution is 1.98. The molecular weight excluding hydrogens is 244 g/mol. The number of alkyl halides is 1. The predicted molar refractivity (Wildman–Crippen MR) is 68.1 cm³/mol. The summed E-state index contributed by atoms with van der Waals surface area (Å²) in [6, 6.07) is 0. The first kappa shape index (κ1) is 18.6. The maximum Gasteiger partial charge on any atom is 0.321 e. The largest absolute Gasteiger partial charge is 0.469 e. The molecule has 0 aromatic rings. The molecule has 0 atom stereocenters. The van der Waals surface area contributed by atoms with Gasteiger partial charge >= 0.3 is 11.9 Å². The van der Waals surface area contributed by atoms with Gasteiger partial charge in [0.25, 0.3) is 0 Å². The van der Waals surface area contributed by atoms with E-state index in [0.717, 1.165) is 19.3 Å². The Kier molecular flexibility index (Phi) is 14.5. The van der Waals surface area contributed by atoms with Crippen LogP contribution in [0.15, 0.2) is 0 Å². The van der Waals surface area contributed by atoms with Crippen LogP contribution in [-0.4, -0.2) is 31.0 Å². The molecule has 0 bridgehead atoms. The van der Waals surface area contributed by atoms with E-state index in [0.29, 0.717) is 6.42 Å². The summed E-state index contributed by atoms with van der Waals surface area (Å²) in [6.07, 6.45) is 3.75. The van der Waals surface area contributed by atoms with Gasteiger partial charge < -0.3 is 9.47 Å². The zero-order valence-corrected chi connectivity index (χ0v) is 11.9. The number of methoxy groups -OCH3 is 1. The second-order valence-corrected chi connectivity index (χ2v) is 3.97. The van der Waals surface area contributed by atoms with E-state index in [1.165, 1.54) is 7.11 Å². The number of carbonyl (C=O) groups is 2. The highest BCUT2D eigenvalue weighted by Gasteiger charge is 2.00. The number of ether oxygens (including phenoxy) is 2. The molecule has 5 heteroatoms. The van der Waals surface area contributed by atoms with E-state index in [-0.39, 0.29) is 23.9 Å². The minimum absolute atomic E-state index is 0.0544. The SMILES string of the molecule is CC(C)OC(=O)CCl.CCCCCC(=O)OC. The second-order valence-electron chi connectivity index (χ2n) is 3.71. The number of hydrogen-bond donors (Lipinski definition) is 0. The highest BCUT2D eigenvalue weighted by molar-refractivity contribution is 6.26. The number of rotatable bonds is 6. The lowest BCUT2D eigenvalue weighted by Crippen LogP contribution is -2.11. The van der Waals surface area contributed by atoms with E-state index in [1.807, 2.05) is 0 Å². The van der Waals surface area contributed by atoms with Gasteiger partial charge in [0.15, 0.2) is 0 Å². The third kappa shape index (κ3) is 17.8.